The van der Waals surface area contributed by atoms with Crippen LogP contribution in [0.1, 0.15) is 5.69 Å². The van der Waals surface area contributed by atoms with Crippen LogP contribution >= 0.6 is 0 Å². The second kappa shape index (κ2) is 5.13. The van der Waals surface area contributed by atoms with Crippen LogP contribution in [-0.4, -0.2) is 9.91 Å². The normalized spacial score (nSPS) is 10.0. The molecular formula is C12H12N4O2. The van der Waals surface area contributed by atoms with E-state index in [-0.39, 0.29) is 5.69 Å². The average Bonchev–Trinajstić information content (AvgIpc) is 2.37. The summed E-state index contributed by atoms with van der Waals surface area (Å²) in [6.45, 7) is 0.488. The molecular weight excluding hydrogens is 232 g/mol. The summed E-state index contributed by atoms with van der Waals surface area (Å²) in [6, 6.07) is 10.00. The van der Waals surface area contributed by atoms with Gasteiger partial charge in [-0.1, -0.05) is 6.07 Å². The number of rotatable bonds is 4. The van der Waals surface area contributed by atoms with Crippen molar-refractivity contribution in [2.45, 2.75) is 6.54 Å². The molecule has 0 aliphatic rings. The van der Waals surface area contributed by atoms with Crippen molar-refractivity contribution in [2.24, 2.45) is 0 Å². The fraction of sp³-hybridized carbons (Fsp3) is 0.0833. The number of nitrogen functional groups attached to an aromatic ring is 1. The van der Waals surface area contributed by atoms with E-state index in [1.165, 1.54) is 12.1 Å². The number of hydrogen-bond acceptors (Lipinski definition) is 5. The minimum absolute atomic E-state index is 0.0291. The molecule has 1 aromatic carbocycles. The summed E-state index contributed by atoms with van der Waals surface area (Å²) < 4.78 is 0. The Hall–Kier alpha value is -2.63. The van der Waals surface area contributed by atoms with E-state index in [1.54, 1.807) is 12.3 Å². The third-order valence-electron chi connectivity index (χ3n) is 2.35. The number of nitrogens with one attached hydrogen (secondary N) is 1. The Morgan fingerprint density at radius 3 is 2.83 bits per heavy atom. The lowest BCUT2D eigenvalue weighted by Gasteiger charge is -2.06. The fourth-order valence-corrected chi connectivity index (χ4v) is 1.54. The van der Waals surface area contributed by atoms with Crippen LogP contribution in [0.15, 0.2) is 42.6 Å². The highest BCUT2D eigenvalue weighted by atomic mass is 16.6. The van der Waals surface area contributed by atoms with Crippen molar-refractivity contribution in [3.8, 4) is 0 Å². The quantitative estimate of drug-likeness (QED) is 0.488. The number of pyridine rings is 1. The van der Waals surface area contributed by atoms with E-state index in [4.69, 9.17) is 5.73 Å². The Balaban J connectivity index is 2.12. The maximum absolute atomic E-state index is 10.7. The smallest absolute Gasteiger partial charge is 0.273 e. The number of anilines is 2. The molecule has 3 N–H and O–H groups in total. The van der Waals surface area contributed by atoms with Gasteiger partial charge in [0.25, 0.3) is 5.69 Å². The molecule has 92 valence electrons. The number of benzene rings is 1. The molecule has 18 heavy (non-hydrogen) atoms. The van der Waals surface area contributed by atoms with E-state index in [0.717, 1.165) is 5.69 Å². The molecule has 0 bridgehead atoms. The van der Waals surface area contributed by atoms with Gasteiger partial charge in [0.05, 0.1) is 17.2 Å². The zero-order chi connectivity index (χ0) is 13.0. The average molecular weight is 244 g/mol. The summed E-state index contributed by atoms with van der Waals surface area (Å²) in [5, 5.41) is 13.7. The maximum Gasteiger partial charge on any atom is 0.273 e. The molecule has 6 nitrogen and oxygen atoms in total. The van der Waals surface area contributed by atoms with Crippen LogP contribution in [0.25, 0.3) is 0 Å². The van der Waals surface area contributed by atoms with Gasteiger partial charge in [0.1, 0.15) is 0 Å². The van der Waals surface area contributed by atoms with Crippen LogP contribution in [-0.2, 0) is 6.54 Å². The van der Waals surface area contributed by atoms with Crippen LogP contribution in [0, 0.1) is 10.1 Å². The molecule has 0 saturated carbocycles. The van der Waals surface area contributed by atoms with E-state index < -0.39 is 4.92 Å². The highest BCUT2D eigenvalue weighted by molar-refractivity contribution is 5.61. The van der Waals surface area contributed by atoms with Crippen molar-refractivity contribution in [1.29, 1.82) is 0 Å². The summed E-state index contributed by atoms with van der Waals surface area (Å²) in [5.74, 6) is 0. The molecule has 0 fully saturated rings. The lowest BCUT2D eigenvalue weighted by Crippen LogP contribution is -2.02. The highest BCUT2D eigenvalue weighted by Crippen LogP contribution is 2.22. The maximum atomic E-state index is 10.7. The van der Waals surface area contributed by atoms with E-state index in [2.05, 4.69) is 10.3 Å². The van der Waals surface area contributed by atoms with Crippen molar-refractivity contribution in [3.05, 3.63) is 58.4 Å². The van der Waals surface area contributed by atoms with Gasteiger partial charge in [-0.2, -0.15) is 0 Å². The van der Waals surface area contributed by atoms with Gasteiger partial charge < -0.3 is 11.1 Å². The third-order valence-corrected chi connectivity index (χ3v) is 2.35. The van der Waals surface area contributed by atoms with Crippen molar-refractivity contribution in [3.63, 3.8) is 0 Å². The Kier molecular flexibility index (Phi) is 3.38. The van der Waals surface area contributed by atoms with Crippen molar-refractivity contribution in [1.82, 2.24) is 4.98 Å². The molecule has 0 radical (unpaired) electrons. The Morgan fingerprint density at radius 2 is 2.17 bits per heavy atom. The Labute approximate surface area is 104 Å². The number of aromatic nitrogens is 1. The first-order valence-corrected chi connectivity index (χ1v) is 5.34. The number of nitrogens with two attached hydrogens (primary N) is 1. The SMILES string of the molecule is Nc1cc(NCc2ccccn2)cc([N+](=O)[O-])c1. The molecule has 6 heteroatoms. The molecule has 0 amide bonds. The summed E-state index contributed by atoms with van der Waals surface area (Å²) in [6.07, 6.45) is 1.69. The number of hydrogen-bond donors (Lipinski definition) is 2. The molecule has 0 aliphatic heterocycles. The van der Waals surface area contributed by atoms with Gasteiger partial charge >= 0.3 is 0 Å². The largest absolute Gasteiger partial charge is 0.398 e. The van der Waals surface area contributed by atoms with Gasteiger partial charge in [0.15, 0.2) is 0 Å². The fourth-order valence-electron chi connectivity index (χ4n) is 1.54. The zero-order valence-electron chi connectivity index (χ0n) is 9.54. The number of non-ortho nitro benzene ring substituents is 1. The molecule has 0 saturated heterocycles. The molecule has 0 aliphatic carbocycles. The first-order valence-electron chi connectivity index (χ1n) is 5.34. The number of nitro benzene ring substituents is 1. The van der Waals surface area contributed by atoms with Crippen molar-refractivity contribution >= 4 is 17.1 Å². The zero-order valence-corrected chi connectivity index (χ0v) is 9.54. The van der Waals surface area contributed by atoms with Gasteiger partial charge in [0.2, 0.25) is 0 Å². The highest BCUT2D eigenvalue weighted by Gasteiger charge is 2.08. The predicted octanol–water partition coefficient (Wildman–Crippen LogP) is 2.18. The molecule has 2 rings (SSSR count). The van der Waals surface area contributed by atoms with Crippen LogP contribution in [0.3, 0.4) is 0 Å². The minimum atomic E-state index is -0.470. The second-order valence-corrected chi connectivity index (χ2v) is 3.74. The molecule has 0 spiro atoms. The van der Waals surface area contributed by atoms with Gasteiger partial charge in [-0.3, -0.25) is 15.1 Å². The predicted molar refractivity (Wildman–Crippen MR) is 69.1 cm³/mol. The van der Waals surface area contributed by atoms with Gasteiger partial charge in [-0.25, -0.2) is 0 Å². The van der Waals surface area contributed by atoms with Crippen molar-refractivity contribution in [2.75, 3.05) is 11.1 Å². The van der Waals surface area contributed by atoms with Crippen molar-refractivity contribution < 1.29 is 4.92 Å². The Morgan fingerprint density at radius 1 is 1.33 bits per heavy atom. The first kappa shape index (κ1) is 11.8. The second-order valence-electron chi connectivity index (χ2n) is 3.74. The monoisotopic (exact) mass is 244 g/mol. The summed E-state index contributed by atoms with van der Waals surface area (Å²) in [4.78, 5) is 14.4. The molecule has 0 unspecified atom stereocenters. The van der Waals surface area contributed by atoms with Gasteiger partial charge in [-0.15, -0.1) is 0 Å². The summed E-state index contributed by atoms with van der Waals surface area (Å²) >= 11 is 0. The first-order chi connectivity index (χ1) is 8.65. The minimum Gasteiger partial charge on any atom is -0.398 e. The van der Waals surface area contributed by atoms with Crippen LogP contribution in [0.4, 0.5) is 17.1 Å². The third kappa shape index (κ3) is 2.94. The Bertz CT molecular complexity index is 557. The number of nitro groups is 1. The van der Waals surface area contributed by atoms with Crippen LogP contribution in [0.5, 0.6) is 0 Å². The standard InChI is InChI=1S/C12H12N4O2/c13-9-5-11(7-12(6-9)16(17)18)15-8-10-3-1-2-4-14-10/h1-7,15H,8,13H2. The van der Waals surface area contributed by atoms with E-state index in [1.807, 2.05) is 18.2 Å². The topological polar surface area (TPSA) is 94.1 Å². The van der Waals surface area contributed by atoms with E-state index >= 15 is 0 Å². The molecule has 1 heterocycles. The number of nitrogens with zero attached hydrogens (tertiary/aromatic N) is 2. The molecule has 0 atom stereocenters. The van der Waals surface area contributed by atoms with Crippen LogP contribution < -0.4 is 11.1 Å². The summed E-state index contributed by atoms with van der Waals surface area (Å²) in [7, 11) is 0. The lowest BCUT2D eigenvalue weighted by atomic mass is 10.2. The van der Waals surface area contributed by atoms with Crippen LogP contribution in [0.2, 0.25) is 0 Å². The summed E-state index contributed by atoms with van der Waals surface area (Å²) in [5.41, 5.74) is 7.38. The van der Waals surface area contributed by atoms with Gasteiger partial charge in [0, 0.05) is 29.7 Å². The van der Waals surface area contributed by atoms with Gasteiger partial charge in [-0.05, 0) is 18.2 Å². The molecule has 1 aromatic heterocycles. The lowest BCUT2D eigenvalue weighted by molar-refractivity contribution is -0.384. The van der Waals surface area contributed by atoms with E-state index in [9.17, 15) is 10.1 Å². The molecule has 2 aromatic rings. The van der Waals surface area contributed by atoms with E-state index in [0.29, 0.717) is 17.9 Å².